The number of carbonyl (C=O) groups is 2. The van der Waals surface area contributed by atoms with Crippen LogP contribution in [0, 0.1) is 0 Å². The van der Waals surface area contributed by atoms with Crippen molar-refractivity contribution >= 4 is 11.9 Å². The Morgan fingerprint density at radius 3 is 2.25 bits per heavy atom. The highest BCUT2D eigenvalue weighted by Gasteiger charge is 2.15. The number of phenols is 1. The highest BCUT2D eigenvalue weighted by Crippen LogP contribution is 2.18. The van der Waals surface area contributed by atoms with Crippen LogP contribution in [0.3, 0.4) is 0 Å². The Hall–Kier alpha value is -2.04. The summed E-state index contributed by atoms with van der Waals surface area (Å²) in [5.74, 6) is -0.695. The Morgan fingerprint density at radius 2 is 1.81 bits per heavy atom. The average molecular weight is 223 g/mol. The van der Waals surface area contributed by atoms with Crippen LogP contribution in [-0.4, -0.2) is 17.0 Å². The molecule has 86 valence electrons. The molecule has 0 radical (unpaired) electrons. The predicted molar refractivity (Wildman–Crippen MR) is 56.4 cm³/mol. The number of aromatic hydroxyl groups is 1. The molecule has 16 heavy (non-hydrogen) atoms. The Bertz CT molecular complexity index is 369. The molecule has 0 aliphatic carbocycles. The minimum Gasteiger partial charge on any atom is -0.508 e. The number of hydrogen-bond donors (Lipinski definition) is 2. The van der Waals surface area contributed by atoms with Gasteiger partial charge in [0.05, 0.1) is 0 Å². The summed E-state index contributed by atoms with van der Waals surface area (Å²) in [6, 6.07) is 6.04. The molecule has 0 aliphatic rings. The summed E-state index contributed by atoms with van der Waals surface area (Å²) in [5.41, 5.74) is 0.586. The van der Waals surface area contributed by atoms with E-state index in [2.05, 4.69) is 5.32 Å². The van der Waals surface area contributed by atoms with Crippen LogP contribution in [0.5, 0.6) is 5.75 Å². The first-order chi connectivity index (χ1) is 7.49. The average Bonchev–Trinajstić information content (AvgIpc) is 2.16. The summed E-state index contributed by atoms with van der Waals surface area (Å²) >= 11 is 0. The molecule has 5 nitrogen and oxygen atoms in total. The molecular formula is C11H13NO4. The van der Waals surface area contributed by atoms with Gasteiger partial charge < -0.3 is 15.2 Å². The van der Waals surface area contributed by atoms with Gasteiger partial charge in [-0.3, -0.25) is 9.59 Å². The largest absolute Gasteiger partial charge is 0.508 e. The summed E-state index contributed by atoms with van der Waals surface area (Å²) in [5, 5.41) is 11.6. The Labute approximate surface area is 93.0 Å². The summed E-state index contributed by atoms with van der Waals surface area (Å²) in [6.07, 6.45) is -0.824. The summed E-state index contributed by atoms with van der Waals surface area (Å²) in [6.45, 7) is 2.59. The van der Waals surface area contributed by atoms with Crippen molar-refractivity contribution in [3.05, 3.63) is 29.8 Å². The SMILES string of the molecule is CC(=O)NC(OC(C)=O)c1ccc(O)cc1. The standard InChI is InChI=1S/C11H13NO4/c1-7(13)12-11(16-8(2)14)9-3-5-10(15)6-4-9/h3-6,11,15H,1-2H3,(H,12,13). The molecule has 1 aromatic rings. The van der Waals surface area contributed by atoms with Crippen LogP contribution in [0.4, 0.5) is 0 Å². The predicted octanol–water partition coefficient (Wildman–Crippen LogP) is 1.09. The molecule has 0 spiro atoms. The fourth-order valence-corrected chi connectivity index (χ4v) is 1.18. The first-order valence-electron chi connectivity index (χ1n) is 4.72. The third kappa shape index (κ3) is 3.61. The van der Waals surface area contributed by atoms with Crippen LogP contribution in [0.15, 0.2) is 24.3 Å². The zero-order valence-electron chi connectivity index (χ0n) is 9.06. The Balaban J connectivity index is 2.86. The topological polar surface area (TPSA) is 75.6 Å². The maximum absolute atomic E-state index is 10.9. The molecule has 1 rings (SSSR count). The van der Waals surface area contributed by atoms with Gasteiger partial charge in [-0.05, 0) is 24.3 Å². The van der Waals surface area contributed by atoms with Crippen molar-refractivity contribution in [2.45, 2.75) is 20.1 Å². The van der Waals surface area contributed by atoms with E-state index in [1.807, 2.05) is 0 Å². The van der Waals surface area contributed by atoms with Gasteiger partial charge in [0.2, 0.25) is 12.1 Å². The Kier molecular flexibility index (Phi) is 3.88. The number of nitrogens with one attached hydrogen (secondary N) is 1. The lowest BCUT2D eigenvalue weighted by atomic mass is 10.2. The van der Waals surface area contributed by atoms with E-state index in [0.717, 1.165) is 0 Å². The van der Waals surface area contributed by atoms with Gasteiger partial charge in [0, 0.05) is 19.4 Å². The Morgan fingerprint density at radius 1 is 1.25 bits per heavy atom. The van der Waals surface area contributed by atoms with Crippen molar-refractivity contribution < 1.29 is 19.4 Å². The first kappa shape index (κ1) is 12.0. The number of esters is 1. The molecule has 0 aliphatic heterocycles. The number of benzene rings is 1. The second kappa shape index (κ2) is 5.16. The third-order valence-electron chi connectivity index (χ3n) is 1.81. The second-order valence-electron chi connectivity index (χ2n) is 3.28. The molecule has 1 atom stereocenters. The maximum Gasteiger partial charge on any atom is 0.304 e. The maximum atomic E-state index is 10.9. The molecule has 0 fully saturated rings. The van der Waals surface area contributed by atoms with Crippen LogP contribution >= 0.6 is 0 Å². The van der Waals surface area contributed by atoms with Crippen LogP contribution in [0.2, 0.25) is 0 Å². The van der Waals surface area contributed by atoms with E-state index >= 15 is 0 Å². The van der Waals surface area contributed by atoms with E-state index in [0.29, 0.717) is 5.56 Å². The van der Waals surface area contributed by atoms with Gasteiger partial charge in [-0.1, -0.05) is 0 Å². The van der Waals surface area contributed by atoms with Crippen molar-refractivity contribution in [3.8, 4) is 5.75 Å². The van der Waals surface area contributed by atoms with Crippen molar-refractivity contribution in [2.24, 2.45) is 0 Å². The minimum atomic E-state index is -0.824. The zero-order valence-corrected chi connectivity index (χ0v) is 9.06. The summed E-state index contributed by atoms with van der Waals surface area (Å²) < 4.78 is 4.93. The lowest BCUT2D eigenvalue weighted by Gasteiger charge is -2.17. The highest BCUT2D eigenvalue weighted by molar-refractivity contribution is 5.74. The molecule has 2 N–H and O–H groups in total. The number of rotatable bonds is 3. The van der Waals surface area contributed by atoms with Crippen LogP contribution in [-0.2, 0) is 14.3 Å². The van der Waals surface area contributed by atoms with E-state index in [9.17, 15) is 9.59 Å². The zero-order chi connectivity index (χ0) is 12.1. The number of hydrogen-bond acceptors (Lipinski definition) is 4. The monoisotopic (exact) mass is 223 g/mol. The molecule has 0 saturated carbocycles. The van der Waals surface area contributed by atoms with E-state index in [-0.39, 0.29) is 11.7 Å². The van der Waals surface area contributed by atoms with Crippen LogP contribution < -0.4 is 5.32 Å². The number of carbonyl (C=O) groups excluding carboxylic acids is 2. The molecule has 0 heterocycles. The fraction of sp³-hybridized carbons (Fsp3) is 0.273. The van der Waals surface area contributed by atoms with Gasteiger partial charge in [0.25, 0.3) is 0 Å². The van der Waals surface area contributed by atoms with E-state index < -0.39 is 12.2 Å². The normalized spacial score (nSPS) is 11.6. The first-order valence-corrected chi connectivity index (χ1v) is 4.72. The van der Waals surface area contributed by atoms with Crippen molar-refractivity contribution in [2.75, 3.05) is 0 Å². The highest BCUT2D eigenvalue weighted by atomic mass is 16.6. The molecule has 0 bridgehead atoms. The van der Waals surface area contributed by atoms with E-state index in [1.165, 1.54) is 26.0 Å². The number of phenolic OH excluding ortho intramolecular Hbond substituents is 1. The van der Waals surface area contributed by atoms with Gasteiger partial charge in [0.1, 0.15) is 5.75 Å². The molecule has 1 unspecified atom stereocenters. The lowest BCUT2D eigenvalue weighted by molar-refractivity contribution is -0.149. The van der Waals surface area contributed by atoms with E-state index in [1.54, 1.807) is 12.1 Å². The van der Waals surface area contributed by atoms with Gasteiger partial charge in [-0.25, -0.2) is 0 Å². The van der Waals surface area contributed by atoms with Crippen molar-refractivity contribution in [1.29, 1.82) is 0 Å². The van der Waals surface area contributed by atoms with Crippen molar-refractivity contribution in [3.63, 3.8) is 0 Å². The quantitative estimate of drug-likeness (QED) is 0.594. The molecule has 1 amide bonds. The van der Waals surface area contributed by atoms with Gasteiger partial charge in [-0.2, -0.15) is 0 Å². The minimum absolute atomic E-state index is 0.105. The van der Waals surface area contributed by atoms with Crippen LogP contribution in [0.25, 0.3) is 0 Å². The third-order valence-corrected chi connectivity index (χ3v) is 1.81. The fourth-order valence-electron chi connectivity index (χ4n) is 1.18. The van der Waals surface area contributed by atoms with Gasteiger partial charge >= 0.3 is 5.97 Å². The molecule has 1 aromatic carbocycles. The van der Waals surface area contributed by atoms with Crippen LogP contribution in [0.1, 0.15) is 25.6 Å². The molecule has 5 heteroatoms. The summed E-state index contributed by atoms with van der Waals surface area (Å²) in [7, 11) is 0. The smallest absolute Gasteiger partial charge is 0.304 e. The number of amides is 1. The van der Waals surface area contributed by atoms with E-state index in [4.69, 9.17) is 9.84 Å². The molecular weight excluding hydrogens is 210 g/mol. The lowest BCUT2D eigenvalue weighted by Crippen LogP contribution is -2.29. The molecule has 0 saturated heterocycles. The second-order valence-corrected chi connectivity index (χ2v) is 3.28. The van der Waals surface area contributed by atoms with Crippen molar-refractivity contribution in [1.82, 2.24) is 5.32 Å². The summed E-state index contributed by atoms with van der Waals surface area (Å²) in [4.78, 5) is 21.8. The molecule has 0 aromatic heterocycles. The van der Waals surface area contributed by atoms with Gasteiger partial charge in [0.15, 0.2) is 0 Å². The number of ether oxygens (including phenoxy) is 1. The van der Waals surface area contributed by atoms with Gasteiger partial charge in [-0.15, -0.1) is 0 Å².